The van der Waals surface area contributed by atoms with Crippen LogP contribution in [0.1, 0.15) is 32.6 Å². The maximum atomic E-state index is 12.1. The second-order valence-electron chi connectivity index (χ2n) is 5.72. The number of nitrogens with zero attached hydrogens (tertiary/aromatic N) is 1. The number of ether oxygens (including phenoxy) is 2. The van der Waals surface area contributed by atoms with Crippen LogP contribution in [-0.4, -0.2) is 24.3 Å². The van der Waals surface area contributed by atoms with Gasteiger partial charge in [-0.25, -0.2) is 5.43 Å². The van der Waals surface area contributed by atoms with Crippen molar-refractivity contribution in [2.45, 2.75) is 38.7 Å². The van der Waals surface area contributed by atoms with Crippen LogP contribution in [0.3, 0.4) is 0 Å². The van der Waals surface area contributed by atoms with E-state index in [-0.39, 0.29) is 12.5 Å². The van der Waals surface area contributed by atoms with Crippen molar-refractivity contribution < 1.29 is 14.3 Å². The zero-order chi connectivity index (χ0) is 14.7. The summed E-state index contributed by atoms with van der Waals surface area (Å²) >= 11 is 0. The monoisotopic (exact) mass is 288 g/mol. The van der Waals surface area contributed by atoms with E-state index in [0.29, 0.717) is 17.4 Å². The van der Waals surface area contributed by atoms with Crippen molar-refractivity contribution in [2.24, 2.45) is 11.0 Å². The third kappa shape index (κ3) is 3.35. The second-order valence-corrected chi connectivity index (χ2v) is 5.72. The van der Waals surface area contributed by atoms with Gasteiger partial charge in [-0.05, 0) is 43.7 Å². The summed E-state index contributed by atoms with van der Waals surface area (Å²) in [5.74, 6) is 1.67. The fraction of sp³-hybridized carbons (Fsp3) is 0.500. The van der Waals surface area contributed by atoms with Crippen molar-refractivity contribution in [2.75, 3.05) is 6.61 Å². The maximum absolute atomic E-state index is 12.1. The molecule has 1 heterocycles. The molecule has 0 aromatic heterocycles. The van der Waals surface area contributed by atoms with Gasteiger partial charge in [-0.15, -0.1) is 0 Å². The van der Waals surface area contributed by atoms with Crippen molar-refractivity contribution in [3.8, 4) is 11.5 Å². The largest absolute Gasteiger partial charge is 0.485 e. The number of carbonyl (C=O) groups is 1. The molecule has 1 N–H and O–H groups in total. The molecule has 1 aromatic carbocycles. The van der Waals surface area contributed by atoms with Crippen molar-refractivity contribution >= 4 is 11.6 Å². The molecular weight excluding hydrogens is 268 g/mol. The van der Waals surface area contributed by atoms with Crippen molar-refractivity contribution in [3.63, 3.8) is 0 Å². The Morgan fingerprint density at radius 1 is 1.33 bits per heavy atom. The number of amides is 1. The summed E-state index contributed by atoms with van der Waals surface area (Å²) in [6.45, 7) is 2.43. The average Bonchev–Trinajstić information content (AvgIpc) is 2.52. The molecule has 0 spiro atoms. The van der Waals surface area contributed by atoms with Gasteiger partial charge in [-0.2, -0.15) is 5.10 Å². The van der Waals surface area contributed by atoms with Crippen molar-refractivity contribution in [1.29, 1.82) is 0 Å². The molecule has 0 radical (unpaired) electrons. The molecule has 2 atom stereocenters. The van der Waals surface area contributed by atoms with E-state index in [2.05, 4.69) is 17.5 Å². The van der Waals surface area contributed by atoms with E-state index in [1.54, 1.807) is 6.07 Å². The summed E-state index contributed by atoms with van der Waals surface area (Å²) in [5, 5.41) is 4.25. The Morgan fingerprint density at radius 2 is 2.14 bits per heavy atom. The summed E-state index contributed by atoms with van der Waals surface area (Å²) in [6.07, 6.45) is 3.67. The topological polar surface area (TPSA) is 59.9 Å². The molecule has 3 rings (SSSR count). The third-order valence-electron chi connectivity index (χ3n) is 3.87. The third-order valence-corrected chi connectivity index (χ3v) is 3.87. The highest BCUT2D eigenvalue weighted by Crippen LogP contribution is 2.30. The van der Waals surface area contributed by atoms with Crippen LogP contribution in [-0.2, 0) is 4.79 Å². The number of hydrazone groups is 1. The first-order valence-electron chi connectivity index (χ1n) is 7.46. The highest BCUT2D eigenvalue weighted by atomic mass is 16.6. The van der Waals surface area contributed by atoms with E-state index in [4.69, 9.17) is 9.47 Å². The van der Waals surface area contributed by atoms with Gasteiger partial charge in [0.05, 0.1) is 0 Å². The van der Waals surface area contributed by atoms with Crippen molar-refractivity contribution in [1.82, 2.24) is 5.43 Å². The standard InChI is InChI=1S/C16H20N2O3/c1-11-5-4-6-12(9-11)17-18-16(19)15-10-20-13-7-2-3-8-14(13)21-15/h2-3,7-8,11,15H,4-6,9-10H2,1H3,(H,18,19)/b17-12-/t11-,15+/m1/s1. The molecule has 5 nitrogen and oxygen atoms in total. The van der Waals surface area contributed by atoms with Gasteiger partial charge < -0.3 is 9.47 Å². The first kappa shape index (κ1) is 13.9. The zero-order valence-electron chi connectivity index (χ0n) is 12.2. The van der Waals surface area contributed by atoms with E-state index in [1.807, 2.05) is 18.2 Å². The Labute approximate surface area is 124 Å². The molecule has 1 fully saturated rings. The Bertz CT molecular complexity index is 556. The average molecular weight is 288 g/mol. The fourth-order valence-corrected chi connectivity index (χ4v) is 2.72. The lowest BCUT2D eigenvalue weighted by molar-refractivity contribution is -0.130. The van der Waals surface area contributed by atoms with Gasteiger partial charge in [-0.1, -0.05) is 19.1 Å². The van der Waals surface area contributed by atoms with Crippen LogP contribution >= 0.6 is 0 Å². The summed E-state index contributed by atoms with van der Waals surface area (Å²) < 4.78 is 11.2. The number of carbonyl (C=O) groups excluding carboxylic acids is 1. The first-order valence-corrected chi connectivity index (χ1v) is 7.46. The Balaban J connectivity index is 1.58. The van der Waals surface area contributed by atoms with Gasteiger partial charge in [0.15, 0.2) is 11.5 Å². The minimum Gasteiger partial charge on any atom is -0.485 e. The lowest BCUT2D eigenvalue weighted by Gasteiger charge is -2.25. The minimum absolute atomic E-state index is 0.212. The Kier molecular flexibility index (Phi) is 4.08. The van der Waals surface area contributed by atoms with Gasteiger partial charge in [0.2, 0.25) is 6.10 Å². The van der Waals surface area contributed by atoms with Crippen LogP contribution in [0.5, 0.6) is 11.5 Å². The predicted octanol–water partition coefficient (Wildman–Crippen LogP) is 2.51. The highest BCUT2D eigenvalue weighted by molar-refractivity contribution is 5.88. The molecule has 1 amide bonds. The number of benzene rings is 1. The molecule has 112 valence electrons. The van der Waals surface area contributed by atoms with Gasteiger partial charge >= 0.3 is 0 Å². The van der Waals surface area contributed by atoms with Crippen LogP contribution < -0.4 is 14.9 Å². The SMILES string of the molecule is C[C@@H]1CCC/C(=N/NC(=O)[C@@H]2COc3ccccc3O2)C1. The van der Waals surface area contributed by atoms with Gasteiger partial charge in [0.25, 0.3) is 5.91 Å². The molecule has 1 saturated carbocycles. The van der Waals surface area contributed by atoms with Gasteiger partial charge in [0, 0.05) is 5.71 Å². The van der Waals surface area contributed by atoms with Crippen LogP contribution in [0.25, 0.3) is 0 Å². The smallest absolute Gasteiger partial charge is 0.284 e. The summed E-state index contributed by atoms with van der Waals surface area (Å²) in [7, 11) is 0. The van der Waals surface area contributed by atoms with Crippen molar-refractivity contribution in [3.05, 3.63) is 24.3 Å². The number of rotatable bonds is 2. The van der Waals surface area contributed by atoms with Crippen LogP contribution in [0.2, 0.25) is 0 Å². The maximum Gasteiger partial charge on any atom is 0.284 e. The summed E-state index contributed by atoms with van der Waals surface area (Å²) in [6, 6.07) is 7.35. The predicted molar refractivity (Wildman–Crippen MR) is 79.6 cm³/mol. The van der Waals surface area contributed by atoms with E-state index in [1.165, 1.54) is 6.42 Å². The molecule has 21 heavy (non-hydrogen) atoms. The summed E-state index contributed by atoms with van der Waals surface area (Å²) in [5.41, 5.74) is 3.69. The quantitative estimate of drug-likeness (QED) is 0.851. The minimum atomic E-state index is -0.648. The van der Waals surface area contributed by atoms with E-state index < -0.39 is 6.10 Å². The number of nitrogens with one attached hydrogen (secondary N) is 1. The molecule has 0 bridgehead atoms. The molecule has 0 unspecified atom stereocenters. The zero-order valence-corrected chi connectivity index (χ0v) is 12.2. The first-order chi connectivity index (χ1) is 10.2. The van der Waals surface area contributed by atoms with E-state index in [9.17, 15) is 4.79 Å². The fourth-order valence-electron chi connectivity index (χ4n) is 2.72. The van der Waals surface area contributed by atoms with E-state index >= 15 is 0 Å². The van der Waals surface area contributed by atoms with Crippen LogP contribution in [0.4, 0.5) is 0 Å². The molecule has 1 aromatic rings. The molecule has 2 aliphatic rings. The van der Waals surface area contributed by atoms with Crippen LogP contribution in [0.15, 0.2) is 29.4 Å². The summed E-state index contributed by atoms with van der Waals surface area (Å²) in [4.78, 5) is 12.1. The van der Waals surface area contributed by atoms with Crippen LogP contribution in [0, 0.1) is 5.92 Å². The lowest BCUT2D eigenvalue weighted by Crippen LogP contribution is -2.42. The van der Waals surface area contributed by atoms with Gasteiger partial charge in [0.1, 0.15) is 6.61 Å². The molecular formula is C16H20N2O3. The Morgan fingerprint density at radius 3 is 2.95 bits per heavy atom. The molecule has 1 aliphatic carbocycles. The number of fused-ring (bicyclic) bond motifs is 1. The molecule has 5 heteroatoms. The lowest BCUT2D eigenvalue weighted by atomic mass is 9.89. The number of para-hydroxylation sites is 2. The highest BCUT2D eigenvalue weighted by Gasteiger charge is 2.27. The number of hydrogen-bond donors (Lipinski definition) is 1. The second kappa shape index (κ2) is 6.16. The number of hydrogen-bond acceptors (Lipinski definition) is 4. The van der Waals surface area contributed by atoms with E-state index in [0.717, 1.165) is 25.0 Å². The Hall–Kier alpha value is -2.04. The molecule has 1 aliphatic heterocycles. The molecule has 0 saturated heterocycles. The van der Waals surface area contributed by atoms with Gasteiger partial charge in [-0.3, -0.25) is 4.79 Å². The normalized spacial score (nSPS) is 26.4.